The van der Waals surface area contributed by atoms with Gasteiger partial charge in [0.25, 0.3) is 5.91 Å². The van der Waals surface area contributed by atoms with E-state index < -0.39 is 18.5 Å². The predicted molar refractivity (Wildman–Crippen MR) is 94.0 cm³/mol. The van der Waals surface area contributed by atoms with Crippen molar-refractivity contribution in [1.29, 1.82) is 5.26 Å². The number of likely N-dealkylation sites (N-methyl/N-ethyl adjacent to an activating group) is 1. The molecule has 0 aliphatic carbocycles. The third-order valence-electron chi connectivity index (χ3n) is 3.56. The second-order valence-electron chi connectivity index (χ2n) is 5.64. The van der Waals surface area contributed by atoms with Crippen LogP contribution in [-0.4, -0.2) is 51.7 Å². The van der Waals surface area contributed by atoms with Gasteiger partial charge in [0.05, 0.1) is 23.2 Å². The topological polar surface area (TPSA) is 101 Å². The Bertz CT molecular complexity index is 872. The molecule has 0 radical (unpaired) electrons. The van der Waals surface area contributed by atoms with Crippen LogP contribution in [0.15, 0.2) is 18.2 Å². The van der Waals surface area contributed by atoms with Gasteiger partial charge in [-0.15, -0.1) is 0 Å². The number of esters is 1. The Hall–Kier alpha value is -2.92. The van der Waals surface area contributed by atoms with Gasteiger partial charge in [0.1, 0.15) is 0 Å². The molecule has 2 rings (SSSR count). The summed E-state index contributed by atoms with van der Waals surface area (Å²) in [6.45, 7) is 3.52. The Balaban J connectivity index is 2.12. The lowest BCUT2D eigenvalue weighted by Gasteiger charge is -2.15. The lowest BCUT2D eigenvalue weighted by molar-refractivity contribution is -0.133. The van der Waals surface area contributed by atoms with Crippen LogP contribution in [-0.2, 0) is 9.53 Å². The lowest BCUT2D eigenvalue weighted by Crippen LogP contribution is -2.32. The summed E-state index contributed by atoms with van der Waals surface area (Å²) in [6, 6.07) is 6.99. The maximum absolute atomic E-state index is 12.3. The number of nitrogens with zero attached hydrogens (tertiary/aromatic N) is 5. The van der Waals surface area contributed by atoms with Gasteiger partial charge < -0.3 is 9.64 Å². The van der Waals surface area contributed by atoms with E-state index in [1.165, 1.54) is 18.0 Å². The van der Waals surface area contributed by atoms with Gasteiger partial charge in [-0.3, -0.25) is 4.79 Å². The molecule has 0 N–H and O–H groups in total. The summed E-state index contributed by atoms with van der Waals surface area (Å²) in [7, 11) is 1.53. The zero-order valence-electron chi connectivity index (χ0n) is 14.7. The van der Waals surface area contributed by atoms with E-state index in [1.807, 2.05) is 26.0 Å². The van der Waals surface area contributed by atoms with E-state index in [4.69, 9.17) is 21.6 Å². The molecule has 0 aliphatic rings. The fourth-order valence-corrected chi connectivity index (χ4v) is 2.38. The molecule has 2 aromatic heterocycles. The van der Waals surface area contributed by atoms with Crippen LogP contribution in [0.3, 0.4) is 0 Å². The number of hydrogen-bond acceptors (Lipinski definition) is 6. The largest absolute Gasteiger partial charge is 0.451 e. The number of nitriles is 1. The Kier molecular flexibility index (Phi) is 6.31. The molecule has 2 aromatic rings. The van der Waals surface area contributed by atoms with Crippen LogP contribution in [0.5, 0.6) is 0 Å². The van der Waals surface area contributed by atoms with Gasteiger partial charge in [-0.2, -0.15) is 10.4 Å². The predicted octanol–water partition coefficient (Wildman–Crippen LogP) is 2.07. The number of ether oxygens (including phenoxy) is 1. The second-order valence-corrected chi connectivity index (χ2v) is 6.05. The zero-order valence-corrected chi connectivity index (χ0v) is 15.4. The van der Waals surface area contributed by atoms with E-state index in [-0.39, 0.29) is 23.7 Å². The standard InChI is InChI=1S/C17H18ClN5O3/c1-11-9-12(2)23(21-11)14-6-5-13(18)16(20-14)17(25)26-10-15(24)22(3)8-4-7-19/h5-6,9H,4,8,10H2,1-3H3. The van der Waals surface area contributed by atoms with Crippen molar-refractivity contribution in [1.82, 2.24) is 19.7 Å². The maximum atomic E-state index is 12.3. The van der Waals surface area contributed by atoms with Crippen molar-refractivity contribution in [2.24, 2.45) is 0 Å². The summed E-state index contributed by atoms with van der Waals surface area (Å²) < 4.78 is 6.60. The van der Waals surface area contributed by atoms with Crippen molar-refractivity contribution in [3.8, 4) is 11.9 Å². The second kappa shape index (κ2) is 8.45. The Labute approximate surface area is 155 Å². The molecular weight excluding hydrogens is 358 g/mol. The molecule has 0 saturated heterocycles. The number of amides is 1. The van der Waals surface area contributed by atoms with Crippen LogP contribution in [0.2, 0.25) is 5.02 Å². The molecule has 0 bridgehead atoms. The molecule has 26 heavy (non-hydrogen) atoms. The summed E-state index contributed by atoms with van der Waals surface area (Å²) in [5.74, 6) is -0.802. The van der Waals surface area contributed by atoms with Crippen LogP contribution < -0.4 is 0 Å². The van der Waals surface area contributed by atoms with E-state index in [9.17, 15) is 9.59 Å². The molecular formula is C17H18ClN5O3. The molecule has 0 unspecified atom stereocenters. The first-order valence-electron chi connectivity index (χ1n) is 7.81. The summed E-state index contributed by atoms with van der Waals surface area (Å²) in [4.78, 5) is 29.7. The van der Waals surface area contributed by atoms with Crippen molar-refractivity contribution in [3.63, 3.8) is 0 Å². The third-order valence-corrected chi connectivity index (χ3v) is 3.87. The van der Waals surface area contributed by atoms with Crippen LogP contribution in [0.4, 0.5) is 0 Å². The van der Waals surface area contributed by atoms with Crippen LogP contribution in [0, 0.1) is 25.2 Å². The fourth-order valence-electron chi connectivity index (χ4n) is 2.20. The summed E-state index contributed by atoms with van der Waals surface area (Å²) in [5, 5.41) is 13.0. The van der Waals surface area contributed by atoms with Crippen LogP contribution in [0.1, 0.15) is 28.3 Å². The number of halogens is 1. The van der Waals surface area contributed by atoms with Crippen molar-refractivity contribution in [2.45, 2.75) is 20.3 Å². The normalized spacial score (nSPS) is 10.3. The molecule has 1 amide bonds. The van der Waals surface area contributed by atoms with Gasteiger partial charge in [-0.05, 0) is 32.0 Å². The zero-order chi connectivity index (χ0) is 19.3. The summed E-state index contributed by atoms with van der Waals surface area (Å²) in [5.41, 5.74) is 1.57. The lowest BCUT2D eigenvalue weighted by atomic mass is 10.3. The molecule has 0 fully saturated rings. The minimum Gasteiger partial charge on any atom is -0.451 e. The van der Waals surface area contributed by atoms with Crippen molar-refractivity contribution < 1.29 is 14.3 Å². The minimum atomic E-state index is -0.805. The van der Waals surface area contributed by atoms with E-state index in [2.05, 4.69) is 10.1 Å². The highest BCUT2D eigenvalue weighted by atomic mass is 35.5. The average Bonchev–Trinajstić information content (AvgIpc) is 2.95. The average molecular weight is 376 g/mol. The molecule has 136 valence electrons. The first-order valence-corrected chi connectivity index (χ1v) is 8.19. The Morgan fingerprint density at radius 3 is 2.73 bits per heavy atom. The van der Waals surface area contributed by atoms with Crippen molar-refractivity contribution in [2.75, 3.05) is 20.2 Å². The minimum absolute atomic E-state index is 0.0933. The number of rotatable bonds is 6. The van der Waals surface area contributed by atoms with Gasteiger partial charge in [-0.1, -0.05) is 11.6 Å². The molecule has 0 spiro atoms. The highest BCUT2D eigenvalue weighted by molar-refractivity contribution is 6.33. The SMILES string of the molecule is Cc1cc(C)n(-c2ccc(Cl)c(C(=O)OCC(=O)N(C)CCC#N)n2)n1. The molecule has 0 aromatic carbocycles. The van der Waals surface area contributed by atoms with Crippen molar-refractivity contribution >= 4 is 23.5 Å². The quantitative estimate of drug-likeness (QED) is 0.716. The van der Waals surface area contributed by atoms with Gasteiger partial charge >= 0.3 is 5.97 Å². The summed E-state index contributed by atoms with van der Waals surface area (Å²) >= 11 is 6.05. The van der Waals surface area contributed by atoms with Gasteiger partial charge in [0.2, 0.25) is 0 Å². The van der Waals surface area contributed by atoms with Crippen LogP contribution in [0.25, 0.3) is 5.82 Å². The first kappa shape index (κ1) is 19.4. The Morgan fingerprint density at radius 2 is 2.12 bits per heavy atom. The van der Waals surface area contributed by atoms with E-state index in [0.29, 0.717) is 5.82 Å². The van der Waals surface area contributed by atoms with Gasteiger partial charge in [-0.25, -0.2) is 14.5 Å². The van der Waals surface area contributed by atoms with Crippen molar-refractivity contribution in [3.05, 3.63) is 40.3 Å². The van der Waals surface area contributed by atoms with E-state index >= 15 is 0 Å². The number of aryl methyl sites for hydroxylation is 2. The highest BCUT2D eigenvalue weighted by Crippen LogP contribution is 2.18. The molecule has 0 saturated carbocycles. The molecule has 8 nitrogen and oxygen atoms in total. The number of hydrogen-bond donors (Lipinski definition) is 0. The van der Waals surface area contributed by atoms with Gasteiger partial charge in [0, 0.05) is 19.3 Å². The molecule has 0 aliphatic heterocycles. The smallest absolute Gasteiger partial charge is 0.359 e. The Morgan fingerprint density at radius 1 is 1.38 bits per heavy atom. The molecule has 9 heteroatoms. The number of aromatic nitrogens is 3. The third kappa shape index (κ3) is 4.58. The van der Waals surface area contributed by atoms with E-state index in [1.54, 1.807) is 10.7 Å². The monoisotopic (exact) mass is 375 g/mol. The fraction of sp³-hybridized carbons (Fsp3) is 0.353. The summed E-state index contributed by atoms with van der Waals surface area (Å²) in [6.07, 6.45) is 0.203. The van der Waals surface area contributed by atoms with E-state index in [0.717, 1.165) is 11.4 Å². The molecule has 2 heterocycles. The first-order chi connectivity index (χ1) is 12.3. The highest BCUT2D eigenvalue weighted by Gasteiger charge is 2.19. The van der Waals surface area contributed by atoms with Gasteiger partial charge in [0.15, 0.2) is 18.1 Å². The number of carbonyl (C=O) groups excluding carboxylic acids is 2. The number of pyridine rings is 1. The number of carbonyl (C=O) groups is 2. The molecule has 0 atom stereocenters. The van der Waals surface area contributed by atoms with Crippen LogP contribution >= 0.6 is 11.6 Å². The maximum Gasteiger partial charge on any atom is 0.359 e.